The Kier molecular flexibility index (Phi) is 5.95. The van der Waals surface area contributed by atoms with Crippen LogP contribution in [0.3, 0.4) is 0 Å². The van der Waals surface area contributed by atoms with Gasteiger partial charge in [0, 0.05) is 6.42 Å². The fourth-order valence-electron chi connectivity index (χ4n) is 1.37. The van der Waals surface area contributed by atoms with Gasteiger partial charge in [0.15, 0.2) is 0 Å². The molecule has 6 heteroatoms. The second-order valence-corrected chi connectivity index (χ2v) is 4.94. The van der Waals surface area contributed by atoms with Crippen molar-refractivity contribution in [1.29, 1.82) is 0 Å². The maximum absolute atomic E-state index is 12.0. The monoisotopic (exact) mass is 254 g/mol. The van der Waals surface area contributed by atoms with Crippen LogP contribution in [0.1, 0.15) is 40.0 Å². The van der Waals surface area contributed by atoms with Crippen molar-refractivity contribution in [2.45, 2.75) is 51.7 Å². The lowest BCUT2D eigenvalue weighted by molar-refractivity contribution is -0.138. The second kappa shape index (κ2) is 6.23. The molecule has 1 amide bonds. The molecule has 0 radical (unpaired) electrons. The molecule has 3 N–H and O–H groups in total. The summed E-state index contributed by atoms with van der Waals surface area (Å²) in [7, 11) is 0. The van der Waals surface area contributed by atoms with Crippen molar-refractivity contribution in [3.63, 3.8) is 0 Å². The molecule has 1 atom stereocenters. The number of alkyl halides is 3. The zero-order valence-electron chi connectivity index (χ0n) is 10.5. The average molecular weight is 254 g/mol. The van der Waals surface area contributed by atoms with Crippen molar-refractivity contribution >= 4 is 5.91 Å². The first-order chi connectivity index (χ1) is 7.57. The molecule has 102 valence electrons. The number of carbonyl (C=O) groups excluding carboxylic acids is 1. The molecule has 3 nitrogen and oxygen atoms in total. The maximum Gasteiger partial charge on any atom is 0.389 e. The van der Waals surface area contributed by atoms with E-state index < -0.39 is 24.0 Å². The van der Waals surface area contributed by atoms with Gasteiger partial charge in [0.05, 0.1) is 5.54 Å². The van der Waals surface area contributed by atoms with Crippen molar-refractivity contribution in [3.05, 3.63) is 0 Å². The largest absolute Gasteiger partial charge is 0.389 e. The molecule has 0 aliphatic carbocycles. The quantitative estimate of drug-likeness (QED) is 0.732. The summed E-state index contributed by atoms with van der Waals surface area (Å²) in [6, 6.07) is 0. The number of hydrogen-bond donors (Lipinski definition) is 2. The van der Waals surface area contributed by atoms with E-state index >= 15 is 0 Å². The molecule has 17 heavy (non-hydrogen) atoms. The molecule has 0 aromatic rings. The highest BCUT2D eigenvalue weighted by Gasteiger charge is 2.33. The molecule has 0 spiro atoms. The molecule has 0 aromatic carbocycles. The number of amides is 1. The summed E-state index contributed by atoms with van der Waals surface area (Å²) in [4.78, 5) is 11.3. The molecule has 0 fully saturated rings. The van der Waals surface area contributed by atoms with E-state index in [1.165, 1.54) is 0 Å². The van der Waals surface area contributed by atoms with E-state index in [-0.39, 0.29) is 12.8 Å². The van der Waals surface area contributed by atoms with Crippen LogP contribution < -0.4 is 11.1 Å². The van der Waals surface area contributed by atoms with Gasteiger partial charge in [0.25, 0.3) is 0 Å². The Morgan fingerprint density at radius 2 is 1.82 bits per heavy atom. The zero-order chi connectivity index (χ0) is 13.7. The number of primary amides is 1. The van der Waals surface area contributed by atoms with Crippen LogP contribution in [-0.2, 0) is 4.79 Å². The molecular formula is C11H21F3N2O. The summed E-state index contributed by atoms with van der Waals surface area (Å²) >= 11 is 0. The Morgan fingerprint density at radius 1 is 1.29 bits per heavy atom. The van der Waals surface area contributed by atoms with Crippen LogP contribution in [-0.4, -0.2) is 24.2 Å². The van der Waals surface area contributed by atoms with Crippen molar-refractivity contribution in [2.24, 2.45) is 11.7 Å². The first kappa shape index (κ1) is 16.2. The Balaban J connectivity index is 4.27. The van der Waals surface area contributed by atoms with Gasteiger partial charge in [0.1, 0.15) is 0 Å². The van der Waals surface area contributed by atoms with E-state index in [1.807, 2.05) is 13.8 Å². The lowest BCUT2D eigenvalue weighted by Crippen LogP contribution is -2.54. The lowest BCUT2D eigenvalue weighted by atomic mass is 9.93. The fraction of sp³-hybridized carbons (Fsp3) is 0.909. The van der Waals surface area contributed by atoms with Crippen LogP contribution in [0.5, 0.6) is 0 Å². The Bertz CT molecular complexity index is 254. The number of rotatable bonds is 7. The summed E-state index contributed by atoms with van der Waals surface area (Å²) in [6.45, 7) is 5.99. The van der Waals surface area contributed by atoms with Crippen molar-refractivity contribution in [3.8, 4) is 0 Å². The molecule has 0 aromatic heterocycles. The summed E-state index contributed by atoms with van der Waals surface area (Å²) in [5.41, 5.74) is 4.16. The first-order valence-corrected chi connectivity index (χ1v) is 5.68. The predicted molar refractivity (Wildman–Crippen MR) is 60.3 cm³/mol. The number of nitrogens with two attached hydrogens (primary N) is 1. The first-order valence-electron chi connectivity index (χ1n) is 5.68. The molecule has 1 unspecified atom stereocenters. The number of carbonyl (C=O) groups is 1. The highest BCUT2D eigenvalue weighted by Crippen LogP contribution is 2.25. The van der Waals surface area contributed by atoms with Gasteiger partial charge >= 0.3 is 6.18 Å². The smallest absolute Gasteiger partial charge is 0.368 e. The van der Waals surface area contributed by atoms with E-state index in [4.69, 9.17) is 5.73 Å². The van der Waals surface area contributed by atoms with Gasteiger partial charge in [-0.15, -0.1) is 0 Å². The lowest BCUT2D eigenvalue weighted by Gasteiger charge is -2.28. The van der Waals surface area contributed by atoms with Gasteiger partial charge in [-0.05, 0) is 32.2 Å². The standard InChI is InChI=1S/C11H21F3N2O/c1-8(2)7-16-10(3,9(15)17)5-4-6-11(12,13)14/h8,16H,4-7H2,1-3H3,(H2,15,17). The molecule has 0 bridgehead atoms. The number of hydrogen-bond acceptors (Lipinski definition) is 2. The maximum atomic E-state index is 12.0. The number of nitrogens with one attached hydrogen (secondary N) is 1. The van der Waals surface area contributed by atoms with Gasteiger partial charge < -0.3 is 11.1 Å². The van der Waals surface area contributed by atoms with Crippen LogP contribution in [0.25, 0.3) is 0 Å². The van der Waals surface area contributed by atoms with Crippen LogP contribution >= 0.6 is 0 Å². The normalized spacial score (nSPS) is 15.9. The molecule has 0 saturated heterocycles. The Labute approximate surface area is 99.9 Å². The molecule has 0 rings (SSSR count). The molecular weight excluding hydrogens is 233 g/mol. The van der Waals surface area contributed by atoms with E-state index in [1.54, 1.807) is 6.92 Å². The summed E-state index contributed by atoms with van der Waals surface area (Å²) in [5.74, 6) is -0.309. The van der Waals surface area contributed by atoms with Crippen LogP contribution in [0.15, 0.2) is 0 Å². The van der Waals surface area contributed by atoms with Gasteiger partial charge in [0.2, 0.25) is 5.91 Å². The van der Waals surface area contributed by atoms with E-state index in [2.05, 4.69) is 5.32 Å². The Hall–Kier alpha value is -0.780. The third-order valence-electron chi connectivity index (χ3n) is 2.58. The predicted octanol–water partition coefficient (Wildman–Crippen LogP) is 2.21. The minimum atomic E-state index is -4.18. The highest BCUT2D eigenvalue weighted by molar-refractivity contribution is 5.84. The van der Waals surface area contributed by atoms with Crippen molar-refractivity contribution in [1.82, 2.24) is 5.32 Å². The van der Waals surface area contributed by atoms with Crippen LogP contribution in [0.4, 0.5) is 13.2 Å². The van der Waals surface area contributed by atoms with Crippen LogP contribution in [0.2, 0.25) is 0 Å². The minimum absolute atomic E-state index is 0.0918. The SMILES string of the molecule is CC(C)CNC(C)(CCCC(F)(F)F)C(N)=O. The van der Waals surface area contributed by atoms with Gasteiger partial charge in [-0.3, -0.25) is 4.79 Å². The topological polar surface area (TPSA) is 55.1 Å². The second-order valence-electron chi connectivity index (χ2n) is 4.94. The summed E-state index contributed by atoms with van der Waals surface area (Å²) in [6.07, 6.45) is -5.08. The molecule has 0 aliphatic rings. The zero-order valence-corrected chi connectivity index (χ0v) is 10.5. The Morgan fingerprint density at radius 3 is 2.18 bits per heavy atom. The number of halogens is 3. The van der Waals surface area contributed by atoms with Gasteiger partial charge in [-0.1, -0.05) is 13.8 Å². The fourth-order valence-corrected chi connectivity index (χ4v) is 1.37. The van der Waals surface area contributed by atoms with E-state index in [9.17, 15) is 18.0 Å². The van der Waals surface area contributed by atoms with Crippen molar-refractivity contribution in [2.75, 3.05) is 6.54 Å². The third kappa shape index (κ3) is 7.20. The van der Waals surface area contributed by atoms with E-state index in [0.29, 0.717) is 12.5 Å². The van der Waals surface area contributed by atoms with Gasteiger partial charge in [-0.25, -0.2) is 0 Å². The summed E-state index contributed by atoms with van der Waals surface area (Å²) < 4.78 is 36.0. The molecule has 0 heterocycles. The van der Waals surface area contributed by atoms with Crippen LogP contribution in [0, 0.1) is 5.92 Å². The van der Waals surface area contributed by atoms with E-state index in [0.717, 1.165) is 0 Å². The third-order valence-corrected chi connectivity index (χ3v) is 2.58. The average Bonchev–Trinajstić information content (AvgIpc) is 2.12. The summed E-state index contributed by atoms with van der Waals surface area (Å²) in [5, 5.41) is 2.94. The molecule has 0 aliphatic heterocycles. The minimum Gasteiger partial charge on any atom is -0.368 e. The van der Waals surface area contributed by atoms with Crippen molar-refractivity contribution < 1.29 is 18.0 Å². The highest BCUT2D eigenvalue weighted by atomic mass is 19.4. The van der Waals surface area contributed by atoms with Gasteiger partial charge in [-0.2, -0.15) is 13.2 Å². The molecule has 0 saturated carbocycles.